The van der Waals surface area contributed by atoms with Gasteiger partial charge in [0.25, 0.3) is 0 Å². The molecule has 1 N–H and O–H groups in total. The summed E-state index contributed by atoms with van der Waals surface area (Å²) in [4.78, 5) is 2.16. The molecule has 0 radical (unpaired) electrons. The van der Waals surface area contributed by atoms with E-state index in [1.807, 2.05) is 27.1 Å². The van der Waals surface area contributed by atoms with Crippen molar-refractivity contribution in [2.24, 2.45) is 0 Å². The van der Waals surface area contributed by atoms with Crippen molar-refractivity contribution in [2.45, 2.75) is 13.3 Å². The molecule has 15 heavy (non-hydrogen) atoms. The molecule has 0 aliphatic carbocycles. The van der Waals surface area contributed by atoms with E-state index in [2.05, 4.69) is 10.2 Å². The highest BCUT2D eigenvalue weighted by Gasteiger charge is 2.04. The minimum absolute atomic E-state index is 0.167. The van der Waals surface area contributed by atoms with E-state index in [0.717, 1.165) is 30.8 Å². The number of aryl methyl sites for hydroxylation is 1. The van der Waals surface area contributed by atoms with Gasteiger partial charge in [-0.15, -0.1) is 0 Å². The molecule has 1 rings (SSSR count). The van der Waals surface area contributed by atoms with Crippen molar-refractivity contribution in [2.75, 3.05) is 32.1 Å². The van der Waals surface area contributed by atoms with Crippen LogP contribution in [0.25, 0.3) is 0 Å². The summed E-state index contributed by atoms with van der Waals surface area (Å²) in [6, 6.07) is 4.92. The Bertz CT molecular complexity index is 312. The Hall–Kier alpha value is -1.09. The third-order valence-corrected chi connectivity index (χ3v) is 2.49. The van der Waals surface area contributed by atoms with Gasteiger partial charge >= 0.3 is 0 Å². The molecule has 2 nitrogen and oxygen atoms in total. The van der Waals surface area contributed by atoms with Gasteiger partial charge in [-0.2, -0.15) is 0 Å². The highest BCUT2D eigenvalue weighted by Crippen LogP contribution is 2.19. The molecule has 0 fully saturated rings. The fraction of sp³-hybridized carbons (Fsp3) is 0.500. The molecule has 0 aliphatic heterocycles. The highest BCUT2D eigenvalue weighted by atomic mass is 19.1. The van der Waals surface area contributed by atoms with Crippen LogP contribution in [-0.2, 0) is 0 Å². The van der Waals surface area contributed by atoms with Gasteiger partial charge in [-0.3, -0.25) is 0 Å². The zero-order valence-electron chi connectivity index (χ0n) is 9.68. The Balaban J connectivity index is 2.61. The number of anilines is 1. The van der Waals surface area contributed by atoms with Crippen LogP contribution in [0.15, 0.2) is 18.2 Å². The molecule has 0 unspecified atom stereocenters. The van der Waals surface area contributed by atoms with Gasteiger partial charge in [-0.25, -0.2) is 4.39 Å². The minimum Gasteiger partial charge on any atom is -0.374 e. The first-order valence-corrected chi connectivity index (χ1v) is 5.27. The van der Waals surface area contributed by atoms with Crippen LogP contribution in [0.2, 0.25) is 0 Å². The Morgan fingerprint density at radius 2 is 2.13 bits per heavy atom. The van der Waals surface area contributed by atoms with Gasteiger partial charge in [-0.05, 0) is 50.7 Å². The van der Waals surface area contributed by atoms with Crippen LogP contribution < -0.4 is 10.2 Å². The van der Waals surface area contributed by atoms with Crippen molar-refractivity contribution < 1.29 is 4.39 Å². The van der Waals surface area contributed by atoms with Crippen molar-refractivity contribution in [3.63, 3.8) is 0 Å². The van der Waals surface area contributed by atoms with E-state index in [1.165, 1.54) is 6.07 Å². The second-order valence-corrected chi connectivity index (χ2v) is 3.81. The van der Waals surface area contributed by atoms with Crippen LogP contribution in [0.1, 0.15) is 12.0 Å². The number of nitrogens with zero attached hydrogens (tertiary/aromatic N) is 1. The van der Waals surface area contributed by atoms with Crippen LogP contribution in [0, 0.1) is 12.7 Å². The molecule has 0 aromatic heterocycles. The largest absolute Gasteiger partial charge is 0.374 e. The fourth-order valence-electron chi connectivity index (χ4n) is 1.66. The van der Waals surface area contributed by atoms with Gasteiger partial charge in [-0.1, -0.05) is 0 Å². The lowest BCUT2D eigenvalue weighted by molar-refractivity contribution is 0.626. The predicted molar refractivity (Wildman–Crippen MR) is 63.0 cm³/mol. The molecule has 0 saturated heterocycles. The van der Waals surface area contributed by atoms with Crippen molar-refractivity contribution in [1.82, 2.24) is 5.32 Å². The number of halogens is 1. The normalized spacial score (nSPS) is 10.4. The molecule has 0 heterocycles. The van der Waals surface area contributed by atoms with Crippen molar-refractivity contribution >= 4 is 5.69 Å². The molecule has 0 atom stereocenters. The summed E-state index contributed by atoms with van der Waals surface area (Å²) < 4.78 is 12.9. The van der Waals surface area contributed by atoms with Crippen molar-refractivity contribution in [3.8, 4) is 0 Å². The Labute approximate surface area is 91.1 Å². The smallest absolute Gasteiger partial charge is 0.123 e. The van der Waals surface area contributed by atoms with Gasteiger partial charge in [0.2, 0.25) is 0 Å². The monoisotopic (exact) mass is 210 g/mol. The molecule has 84 valence electrons. The van der Waals surface area contributed by atoms with E-state index >= 15 is 0 Å². The summed E-state index contributed by atoms with van der Waals surface area (Å²) in [5.74, 6) is -0.167. The quantitative estimate of drug-likeness (QED) is 0.749. The van der Waals surface area contributed by atoms with Gasteiger partial charge in [0.05, 0.1) is 0 Å². The van der Waals surface area contributed by atoms with Crippen LogP contribution in [-0.4, -0.2) is 27.2 Å². The van der Waals surface area contributed by atoms with Gasteiger partial charge in [0.15, 0.2) is 0 Å². The Morgan fingerprint density at radius 3 is 2.73 bits per heavy atom. The second-order valence-electron chi connectivity index (χ2n) is 3.81. The molecular formula is C12H19FN2. The molecule has 3 heteroatoms. The van der Waals surface area contributed by atoms with E-state index in [1.54, 1.807) is 6.07 Å². The molecule has 0 aliphatic rings. The average molecular weight is 210 g/mol. The first kappa shape index (κ1) is 12.0. The lowest BCUT2D eigenvalue weighted by Gasteiger charge is -2.21. The van der Waals surface area contributed by atoms with E-state index in [4.69, 9.17) is 0 Å². The van der Waals surface area contributed by atoms with Crippen LogP contribution in [0.5, 0.6) is 0 Å². The summed E-state index contributed by atoms with van der Waals surface area (Å²) in [5, 5.41) is 3.11. The predicted octanol–water partition coefficient (Wildman–Crippen LogP) is 2.18. The second kappa shape index (κ2) is 5.71. The molecule has 0 spiro atoms. The van der Waals surface area contributed by atoms with E-state index in [-0.39, 0.29) is 5.82 Å². The van der Waals surface area contributed by atoms with E-state index in [0.29, 0.717) is 0 Å². The van der Waals surface area contributed by atoms with Crippen molar-refractivity contribution in [1.29, 1.82) is 0 Å². The molecule has 0 amide bonds. The Kier molecular flexibility index (Phi) is 4.56. The minimum atomic E-state index is -0.167. The van der Waals surface area contributed by atoms with Crippen LogP contribution >= 0.6 is 0 Å². The first-order valence-electron chi connectivity index (χ1n) is 5.27. The molecule has 0 saturated carbocycles. The molecule has 1 aromatic carbocycles. The summed E-state index contributed by atoms with van der Waals surface area (Å²) >= 11 is 0. The Morgan fingerprint density at radius 1 is 1.40 bits per heavy atom. The SMILES string of the molecule is CNCCCN(C)c1ccc(F)cc1C. The van der Waals surface area contributed by atoms with E-state index in [9.17, 15) is 4.39 Å². The van der Waals surface area contributed by atoms with Crippen molar-refractivity contribution in [3.05, 3.63) is 29.6 Å². The van der Waals surface area contributed by atoms with E-state index < -0.39 is 0 Å². The number of nitrogens with one attached hydrogen (secondary N) is 1. The average Bonchev–Trinajstić information content (AvgIpc) is 2.17. The fourth-order valence-corrected chi connectivity index (χ4v) is 1.66. The van der Waals surface area contributed by atoms with Gasteiger partial charge in [0, 0.05) is 19.3 Å². The maximum Gasteiger partial charge on any atom is 0.123 e. The standard InChI is InChI=1S/C12H19FN2/c1-10-9-11(13)5-6-12(10)15(3)8-4-7-14-2/h5-6,9,14H,4,7-8H2,1-3H3. The lowest BCUT2D eigenvalue weighted by Crippen LogP contribution is -2.22. The lowest BCUT2D eigenvalue weighted by atomic mass is 10.2. The first-order chi connectivity index (χ1) is 7.15. The molecule has 0 bridgehead atoms. The van der Waals surface area contributed by atoms with Gasteiger partial charge in [0.1, 0.15) is 5.82 Å². The van der Waals surface area contributed by atoms with Crippen LogP contribution in [0.3, 0.4) is 0 Å². The number of rotatable bonds is 5. The van der Waals surface area contributed by atoms with Crippen LogP contribution in [0.4, 0.5) is 10.1 Å². The molecular weight excluding hydrogens is 191 g/mol. The summed E-state index contributed by atoms with van der Waals surface area (Å²) in [6.45, 7) is 3.92. The number of hydrogen-bond acceptors (Lipinski definition) is 2. The van der Waals surface area contributed by atoms with Gasteiger partial charge < -0.3 is 10.2 Å². The summed E-state index contributed by atoms with van der Waals surface area (Å²) in [7, 11) is 3.99. The maximum absolute atomic E-state index is 12.9. The third-order valence-electron chi connectivity index (χ3n) is 2.49. The number of benzene rings is 1. The number of hydrogen-bond donors (Lipinski definition) is 1. The summed E-state index contributed by atoms with van der Waals surface area (Å²) in [5.41, 5.74) is 2.09. The zero-order chi connectivity index (χ0) is 11.3. The summed E-state index contributed by atoms with van der Waals surface area (Å²) in [6.07, 6.45) is 1.09. The molecule has 1 aromatic rings. The maximum atomic E-state index is 12.9. The topological polar surface area (TPSA) is 15.3 Å². The third kappa shape index (κ3) is 3.51. The highest BCUT2D eigenvalue weighted by molar-refractivity contribution is 5.52. The zero-order valence-corrected chi connectivity index (χ0v) is 9.68.